The minimum Gasteiger partial charge on any atom is -0.371 e. The molecular weight excluding hydrogens is 823 g/mol. The minimum atomic E-state index is -3.18. The van der Waals surface area contributed by atoms with Crippen molar-refractivity contribution in [1.29, 1.82) is 0 Å². The largest absolute Gasteiger partial charge is 0.371 e. The van der Waals surface area contributed by atoms with E-state index >= 15 is 0 Å². The summed E-state index contributed by atoms with van der Waals surface area (Å²) >= 11 is 0. The Balaban J connectivity index is 0.000000219. The number of rotatable bonds is 11. The summed E-state index contributed by atoms with van der Waals surface area (Å²) in [6.45, 7) is 12.4. The van der Waals surface area contributed by atoms with Gasteiger partial charge in [0.15, 0.2) is 19.7 Å². The fourth-order valence-electron chi connectivity index (χ4n) is 8.63. The summed E-state index contributed by atoms with van der Waals surface area (Å²) in [7, 11) is -6.31. The van der Waals surface area contributed by atoms with Crippen molar-refractivity contribution in [3.63, 3.8) is 0 Å². The molecule has 0 aliphatic carbocycles. The summed E-state index contributed by atoms with van der Waals surface area (Å²) < 4.78 is 58.8. The van der Waals surface area contributed by atoms with Crippen LogP contribution in [-0.4, -0.2) is 54.5 Å². The molecule has 4 atom stereocenters. The van der Waals surface area contributed by atoms with Gasteiger partial charge in [0, 0.05) is 18.8 Å². The molecule has 0 saturated carbocycles. The molecular formula is C51H64ClFN2O4S2. The molecule has 0 radical (unpaired) electrons. The standard InChI is InChI=1S/C25H29NO2S.C17H21N.C8H9FO2S.CH4.ClH/c1-3-29(27,28)23-13-11-22(12-14-23)26-16-15-20(18-26)17-19(2)24-10-6-8-21-7-4-5-9-25(21)24;1-13(11-14-9-10-18-12-14)16-8-4-6-15-5-2-3-7-17(15)16;1-2-12(10,11)8-5-3-7(9)4-6-8;;/h4-14,19-20H,3,15-18H2,1-2H3;2-8,13-14,18H,9-12H2,1H3;3-6H,2H2,1H3;1H4;1H/t19-,20+;13-,14+;;;/m00.../s1. The summed E-state index contributed by atoms with van der Waals surface area (Å²) in [6.07, 6.45) is 5.01. The van der Waals surface area contributed by atoms with Crippen LogP contribution in [0.15, 0.2) is 143 Å². The molecule has 0 unspecified atom stereocenters. The van der Waals surface area contributed by atoms with E-state index in [4.69, 9.17) is 0 Å². The van der Waals surface area contributed by atoms with Gasteiger partial charge in [-0.3, -0.25) is 0 Å². The summed E-state index contributed by atoms with van der Waals surface area (Å²) in [5, 5.41) is 8.94. The molecule has 328 valence electrons. The first-order chi connectivity index (χ1) is 28.4. The third-order valence-electron chi connectivity index (χ3n) is 12.0. The van der Waals surface area contributed by atoms with Gasteiger partial charge in [-0.1, -0.05) is 120 Å². The lowest BCUT2D eigenvalue weighted by Crippen LogP contribution is -2.20. The fourth-order valence-corrected chi connectivity index (χ4v) is 10.4. The molecule has 10 heteroatoms. The predicted octanol–water partition coefficient (Wildman–Crippen LogP) is 12.3. The van der Waals surface area contributed by atoms with E-state index in [1.54, 1.807) is 26.0 Å². The predicted molar refractivity (Wildman–Crippen MR) is 258 cm³/mol. The number of benzene rings is 6. The van der Waals surface area contributed by atoms with E-state index in [-0.39, 0.29) is 36.2 Å². The zero-order valence-corrected chi connectivity index (χ0v) is 37.7. The van der Waals surface area contributed by atoms with Crippen LogP contribution in [0, 0.1) is 17.7 Å². The molecule has 8 rings (SSSR count). The second-order valence-electron chi connectivity index (χ2n) is 16.1. The Hall–Kier alpha value is -4.28. The Kier molecular flexibility index (Phi) is 18.4. The van der Waals surface area contributed by atoms with Gasteiger partial charge in [-0.25, -0.2) is 21.2 Å². The van der Waals surface area contributed by atoms with E-state index in [9.17, 15) is 21.2 Å². The Labute approximate surface area is 371 Å². The first kappa shape index (κ1) is 49.4. The van der Waals surface area contributed by atoms with Crippen molar-refractivity contribution in [3.8, 4) is 0 Å². The topological polar surface area (TPSA) is 83.5 Å². The van der Waals surface area contributed by atoms with Crippen molar-refractivity contribution in [1.82, 2.24) is 5.32 Å². The summed E-state index contributed by atoms with van der Waals surface area (Å²) in [5.74, 6) is 2.44. The fraction of sp³-hybridized carbons (Fsp3) is 0.373. The first-order valence-corrected chi connectivity index (χ1v) is 24.4. The van der Waals surface area contributed by atoms with Crippen LogP contribution < -0.4 is 10.2 Å². The van der Waals surface area contributed by atoms with Gasteiger partial charge in [-0.2, -0.15) is 0 Å². The van der Waals surface area contributed by atoms with Gasteiger partial charge in [0.2, 0.25) is 0 Å². The number of hydrogen-bond acceptors (Lipinski definition) is 6. The highest BCUT2D eigenvalue weighted by Gasteiger charge is 2.26. The molecule has 2 heterocycles. The summed E-state index contributed by atoms with van der Waals surface area (Å²) in [6, 6.07) is 43.0. The maximum atomic E-state index is 12.4. The normalized spacial score (nSPS) is 17.2. The highest BCUT2D eigenvalue weighted by molar-refractivity contribution is 7.91. The van der Waals surface area contributed by atoms with Crippen molar-refractivity contribution in [2.24, 2.45) is 11.8 Å². The molecule has 0 amide bonds. The zero-order valence-electron chi connectivity index (χ0n) is 35.3. The van der Waals surface area contributed by atoms with Crippen molar-refractivity contribution in [2.45, 2.75) is 82.4 Å². The highest BCUT2D eigenvalue weighted by Crippen LogP contribution is 2.35. The van der Waals surface area contributed by atoms with Crippen molar-refractivity contribution in [3.05, 3.63) is 150 Å². The van der Waals surface area contributed by atoms with Gasteiger partial charge in [0.25, 0.3) is 0 Å². The van der Waals surface area contributed by atoms with Gasteiger partial charge >= 0.3 is 0 Å². The van der Waals surface area contributed by atoms with E-state index in [1.807, 2.05) is 12.1 Å². The van der Waals surface area contributed by atoms with Crippen molar-refractivity contribution < 1.29 is 21.2 Å². The van der Waals surface area contributed by atoms with E-state index in [2.05, 4.69) is 109 Å². The molecule has 0 bridgehead atoms. The Bertz CT molecular complexity index is 2500. The molecule has 2 fully saturated rings. The highest BCUT2D eigenvalue weighted by atomic mass is 35.5. The van der Waals surface area contributed by atoms with Crippen molar-refractivity contribution in [2.75, 3.05) is 42.6 Å². The molecule has 0 aromatic heterocycles. The lowest BCUT2D eigenvalue weighted by atomic mass is 9.87. The van der Waals surface area contributed by atoms with Crippen molar-refractivity contribution >= 4 is 59.3 Å². The quantitative estimate of drug-likeness (QED) is 0.131. The van der Waals surface area contributed by atoms with Crippen LogP contribution in [0.3, 0.4) is 0 Å². The molecule has 2 aliphatic rings. The lowest BCUT2D eigenvalue weighted by Gasteiger charge is -2.21. The maximum Gasteiger partial charge on any atom is 0.178 e. The number of halogens is 2. The Morgan fingerprint density at radius 3 is 1.56 bits per heavy atom. The van der Waals surface area contributed by atoms with Crippen LogP contribution in [0.2, 0.25) is 0 Å². The van der Waals surface area contributed by atoms with Gasteiger partial charge in [-0.15, -0.1) is 12.4 Å². The van der Waals surface area contributed by atoms with Crippen LogP contribution in [0.5, 0.6) is 0 Å². The molecule has 6 nitrogen and oxygen atoms in total. The second kappa shape index (κ2) is 22.7. The van der Waals surface area contributed by atoms with Gasteiger partial charge in [0.05, 0.1) is 21.3 Å². The Morgan fingerprint density at radius 1 is 0.623 bits per heavy atom. The number of anilines is 1. The molecule has 61 heavy (non-hydrogen) atoms. The molecule has 2 saturated heterocycles. The summed E-state index contributed by atoms with van der Waals surface area (Å²) in [5.41, 5.74) is 4.08. The van der Waals surface area contributed by atoms with Gasteiger partial charge < -0.3 is 10.2 Å². The minimum absolute atomic E-state index is 0. The van der Waals surface area contributed by atoms with E-state index < -0.39 is 25.5 Å². The molecule has 0 spiro atoms. The first-order valence-electron chi connectivity index (χ1n) is 21.1. The second-order valence-corrected chi connectivity index (χ2v) is 20.7. The zero-order chi connectivity index (χ0) is 42.0. The molecule has 1 N–H and O–H groups in total. The SMILES string of the molecule is C.CCS(=O)(=O)c1ccc(F)cc1.CCS(=O)(=O)c1ccc(N2CC[C@H](C[C@H](C)c3cccc4ccccc34)C2)cc1.C[C@@H](C[C@H]1CCNC1)c1cccc2ccccc12.Cl. The number of hydrogen-bond donors (Lipinski definition) is 1. The smallest absolute Gasteiger partial charge is 0.178 e. The number of nitrogens with one attached hydrogen (secondary N) is 1. The lowest BCUT2D eigenvalue weighted by molar-refractivity contribution is 0.485. The average Bonchev–Trinajstić information content (AvgIpc) is 3.96. The van der Waals surface area contributed by atoms with E-state index in [1.165, 1.54) is 83.6 Å². The molecule has 6 aromatic carbocycles. The van der Waals surface area contributed by atoms with Gasteiger partial charge in [0.1, 0.15) is 5.82 Å². The van der Waals surface area contributed by atoms with E-state index in [0.717, 1.165) is 36.8 Å². The van der Waals surface area contributed by atoms with Crippen LogP contribution in [0.4, 0.5) is 10.1 Å². The Morgan fingerprint density at radius 2 is 1.08 bits per heavy atom. The van der Waals surface area contributed by atoms with Crippen LogP contribution in [-0.2, 0) is 19.7 Å². The number of fused-ring (bicyclic) bond motifs is 2. The molecule has 6 aromatic rings. The number of nitrogens with zero attached hydrogens (tertiary/aromatic N) is 1. The third-order valence-corrected chi connectivity index (χ3v) is 15.5. The van der Waals surface area contributed by atoms with E-state index in [0.29, 0.717) is 22.6 Å². The summed E-state index contributed by atoms with van der Waals surface area (Å²) in [4.78, 5) is 2.98. The number of sulfone groups is 2. The molecule has 2 aliphatic heterocycles. The average molecular weight is 888 g/mol. The maximum absolute atomic E-state index is 12.4. The monoisotopic (exact) mass is 886 g/mol. The van der Waals surface area contributed by atoms with Crippen LogP contribution in [0.25, 0.3) is 21.5 Å². The van der Waals surface area contributed by atoms with Gasteiger partial charge in [-0.05, 0) is 144 Å². The van der Waals surface area contributed by atoms with Crippen LogP contribution in [0.1, 0.15) is 83.8 Å². The van der Waals surface area contributed by atoms with Crippen LogP contribution >= 0.6 is 12.4 Å². The third kappa shape index (κ3) is 12.9.